The number of amides is 2. The minimum atomic E-state index is -3.82. The maximum absolute atomic E-state index is 13.6. The highest BCUT2D eigenvalue weighted by atomic mass is 35.5. The van der Waals surface area contributed by atoms with Gasteiger partial charge in [-0.05, 0) is 68.7 Å². The zero-order valence-electron chi connectivity index (χ0n) is 21.2. The molecule has 3 rings (SSSR count). The second kappa shape index (κ2) is 12.8. The van der Waals surface area contributed by atoms with Crippen molar-refractivity contribution in [2.45, 2.75) is 58.2 Å². The molecule has 1 fully saturated rings. The third-order valence-electron chi connectivity index (χ3n) is 6.32. The van der Waals surface area contributed by atoms with Gasteiger partial charge in [-0.15, -0.1) is 0 Å². The first-order valence-electron chi connectivity index (χ1n) is 12.2. The van der Waals surface area contributed by atoms with Crippen molar-refractivity contribution in [3.8, 4) is 5.75 Å². The maximum Gasteiger partial charge on any atom is 0.244 e. The Morgan fingerprint density at radius 3 is 2.30 bits per heavy atom. The number of halogens is 2. The molecule has 0 bridgehead atoms. The summed E-state index contributed by atoms with van der Waals surface area (Å²) < 4.78 is 31.8. The molecule has 37 heavy (non-hydrogen) atoms. The number of anilines is 1. The van der Waals surface area contributed by atoms with Crippen LogP contribution in [-0.2, 0) is 26.2 Å². The molecule has 0 aliphatic heterocycles. The number of ether oxygens (including phenoxy) is 1. The summed E-state index contributed by atoms with van der Waals surface area (Å²) >= 11 is 12.2. The number of nitrogens with one attached hydrogen (secondary N) is 1. The van der Waals surface area contributed by atoms with Crippen LogP contribution in [0.3, 0.4) is 0 Å². The molecule has 1 aliphatic carbocycles. The lowest BCUT2D eigenvalue weighted by molar-refractivity contribution is -0.139. The Kier molecular flexibility index (Phi) is 10.1. The van der Waals surface area contributed by atoms with Crippen LogP contribution in [0.25, 0.3) is 0 Å². The van der Waals surface area contributed by atoms with Crippen LogP contribution in [0.1, 0.15) is 45.1 Å². The van der Waals surface area contributed by atoms with Crippen LogP contribution >= 0.6 is 23.2 Å². The van der Waals surface area contributed by atoms with E-state index in [2.05, 4.69) is 5.32 Å². The SMILES string of the molecule is CCOc1ccc(N(CC(=O)N(Cc2ccc(Cl)c(Cl)c2)C(C)C(=O)NC2CCCC2)S(C)(=O)=O)cc1. The Bertz CT molecular complexity index is 1200. The van der Waals surface area contributed by atoms with Crippen LogP contribution in [-0.4, -0.2) is 56.6 Å². The minimum absolute atomic E-state index is 0.0514. The van der Waals surface area contributed by atoms with E-state index >= 15 is 0 Å². The van der Waals surface area contributed by atoms with Gasteiger partial charge < -0.3 is 15.0 Å². The van der Waals surface area contributed by atoms with Gasteiger partial charge in [0.1, 0.15) is 18.3 Å². The van der Waals surface area contributed by atoms with Crippen molar-refractivity contribution < 1.29 is 22.7 Å². The van der Waals surface area contributed by atoms with Crippen LogP contribution in [0.15, 0.2) is 42.5 Å². The number of hydrogen-bond donors (Lipinski definition) is 1. The molecule has 0 radical (unpaired) electrons. The summed E-state index contributed by atoms with van der Waals surface area (Å²) in [7, 11) is -3.82. The zero-order valence-corrected chi connectivity index (χ0v) is 23.6. The van der Waals surface area contributed by atoms with Gasteiger partial charge in [0.2, 0.25) is 21.8 Å². The van der Waals surface area contributed by atoms with E-state index in [1.54, 1.807) is 49.4 Å². The fourth-order valence-corrected chi connectivity index (χ4v) is 5.47. The van der Waals surface area contributed by atoms with Crippen LogP contribution in [0.5, 0.6) is 5.75 Å². The van der Waals surface area contributed by atoms with Gasteiger partial charge in [0.15, 0.2) is 0 Å². The quantitative estimate of drug-likeness (QED) is 0.425. The molecule has 0 heterocycles. The van der Waals surface area contributed by atoms with Crippen molar-refractivity contribution in [2.75, 3.05) is 23.7 Å². The average molecular weight is 571 g/mol. The number of carbonyl (C=O) groups is 2. The number of hydrogen-bond acceptors (Lipinski definition) is 5. The van der Waals surface area contributed by atoms with Crippen molar-refractivity contribution in [1.29, 1.82) is 0 Å². The predicted molar refractivity (Wildman–Crippen MR) is 147 cm³/mol. The highest BCUT2D eigenvalue weighted by Gasteiger charge is 2.31. The summed E-state index contributed by atoms with van der Waals surface area (Å²) in [5, 5.41) is 3.72. The lowest BCUT2D eigenvalue weighted by Gasteiger charge is -2.32. The predicted octanol–water partition coefficient (Wildman–Crippen LogP) is 4.63. The first-order valence-corrected chi connectivity index (χ1v) is 14.8. The molecular weight excluding hydrogens is 537 g/mol. The largest absolute Gasteiger partial charge is 0.494 e. The van der Waals surface area contributed by atoms with Crippen molar-refractivity contribution in [3.63, 3.8) is 0 Å². The zero-order chi connectivity index (χ0) is 27.2. The molecule has 0 aromatic heterocycles. The molecule has 1 aliphatic rings. The summed E-state index contributed by atoms with van der Waals surface area (Å²) in [5.74, 6) is -0.226. The lowest BCUT2D eigenvalue weighted by Crippen LogP contribution is -2.52. The third-order valence-corrected chi connectivity index (χ3v) is 8.20. The van der Waals surface area contributed by atoms with E-state index in [-0.39, 0.29) is 18.5 Å². The highest BCUT2D eigenvalue weighted by molar-refractivity contribution is 7.92. The van der Waals surface area contributed by atoms with Gasteiger partial charge in [-0.2, -0.15) is 0 Å². The number of nitrogens with zero attached hydrogens (tertiary/aromatic N) is 2. The smallest absolute Gasteiger partial charge is 0.244 e. The molecule has 2 aromatic carbocycles. The minimum Gasteiger partial charge on any atom is -0.494 e. The Hall–Kier alpha value is -2.49. The molecule has 1 atom stereocenters. The van der Waals surface area contributed by atoms with Gasteiger partial charge in [0.05, 0.1) is 28.6 Å². The Morgan fingerprint density at radius 1 is 1.08 bits per heavy atom. The highest BCUT2D eigenvalue weighted by Crippen LogP contribution is 2.25. The van der Waals surface area contributed by atoms with E-state index in [0.29, 0.717) is 33.7 Å². The fourth-order valence-electron chi connectivity index (χ4n) is 4.30. The topological polar surface area (TPSA) is 96.0 Å². The molecule has 0 spiro atoms. The summed E-state index contributed by atoms with van der Waals surface area (Å²) in [6, 6.07) is 10.7. The molecule has 8 nitrogen and oxygen atoms in total. The van der Waals surface area contributed by atoms with Gasteiger partial charge in [-0.25, -0.2) is 8.42 Å². The fraction of sp³-hybridized carbons (Fsp3) is 0.462. The number of sulfonamides is 1. The number of carbonyl (C=O) groups excluding carboxylic acids is 2. The Morgan fingerprint density at radius 2 is 1.73 bits per heavy atom. The molecule has 2 aromatic rings. The van der Waals surface area contributed by atoms with Crippen LogP contribution in [0.2, 0.25) is 10.0 Å². The second-order valence-corrected chi connectivity index (χ2v) is 11.9. The van der Waals surface area contributed by atoms with E-state index < -0.39 is 28.5 Å². The van der Waals surface area contributed by atoms with E-state index in [9.17, 15) is 18.0 Å². The van der Waals surface area contributed by atoms with Gasteiger partial charge in [-0.1, -0.05) is 42.1 Å². The van der Waals surface area contributed by atoms with E-state index in [0.717, 1.165) is 36.2 Å². The summed E-state index contributed by atoms with van der Waals surface area (Å²) in [6.45, 7) is 3.53. The molecular formula is C26H33Cl2N3O5S. The monoisotopic (exact) mass is 569 g/mol. The molecule has 1 N–H and O–H groups in total. The van der Waals surface area contributed by atoms with Crippen LogP contribution in [0.4, 0.5) is 5.69 Å². The lowest BCUT2D eigenvalue weighted by atomic mass is 10.1. The van der Waals surface area contributed by atoms with E-state index in [4.69, 9.17) is 27.9 Å². The Balaban J connectivity index is 1.88. The standard InChI is InChI=1S/C26H33Cl2N3O5S/c1-4-36-22-12-10-21(11-13-22)31(37(3,34)35)17-25(32)30(16-19-9-14-23(27)24(28)15-19)18(2)26(33)29-20-7-5-6-8-20/h9-15,18,20H,4-8,16-17H2,1-3H3,(H,29,33). The average Bonchev–Trinajstić information content (AvgIpc) is 3.36. The van der Waals surface area contributed by atoms with Crippen LogP contribution < -0.4 is 14.4 Å². The molecule has 1 unspecified atom stereocenters. The molecule has 11 heteroatoms. The first-order chi connectivity index (χ1) is 17.5. The summed E-state index contributed by atoms with van der Waals surface area (Å²) in [6.07, 6.45) is 4.95. The number of benzene rings is 2. The van der Waals surface area contributed by atoms with E-state index in [1.807, 2.05) is 6.92 Å². The van der Waals surface area contributed by atoms with Gasteiger partial charge in [0.25, 0.3) is 0 Å². The molecule has 2 amide bonds. The summed E-state index contributed by atoms with van der Waals surface area (Å²) in [5.41, 5.74) is 0.979. The number of rotatable bonds is 11. The van der Waals surface area contributed by atoms with Crippen molar-refractivity contribution in [1.82, 2.24) is 10.2 Å². The third kappa shape index (κ3) is 7.99. The van der Waals surface area contributed by atoms with Gasteiger partial charge >= 0.3 is 0 Å². The first kappa shape index (κ1) is 29.1. The maximum atomic E-state index is 13.6. The van der Waals surface area contributed by atoms with Crippen molar-refractivity contribution in [2.24, 2.45) is 0 Å². The van der Waals surface area contributed by atoms with Gasteiger partial charge in [-0.3, -0.25) is 13.9 Å². The van der Waals surface area contributed by atoms with Crippen molar-refractivity contribution >= 4 is 50.7 Å². The Labute approximate surface area is 228 Å². The molecule has 202 valence electrons. The molecule has 0 saturated heterocycles. The van der Waals surface area contributed by atoms with Gasteiger partial charge in [0, 0.05) is 12.6 Å². The normalized spacial score (nSPS) is 14.7. The van der Waals surface area contributed by atoms with Crippen molar-refractivity contribution in [3.05, 3.63) is 58.1 Å². The second-order valence-electron chi connectivity index (χ2n) is 9.13. The summed E-state index contributed by atoms with van der Waals surface area (Å²) in [4.78, 5) is 28.1. The van der Waals surface area contributed by atoms with Crippen LogP contribution in [0, 0.1) is 0 Å². The molecule has 1 saturated carbocycles. The van der Waals surface area contributed by atoms with E-state index in [1.165, 1.54) is 4.90 Å².